The molecule has 2 aromatic heterocycles. The predicted molar refractivity (Wildman–Crippen MR) is 160 cm³/mol. The fourth-order valence-electron chi connectivity index (χ4n) is 6.13. The van der Waals surface area contributed by atoms with Gasteiger partial charge in [0.1, 0.15) is 6.04 Å². The van der Waals surface area contributed by atoms with Crippen molar-refractivity contribution in [2.45, 2.75) is 63.5 Å². The molecule has 0 aliphatic carbocycles. The number of likely N-dealkylation sites (tertiary alicyclic amines) is 1. The Morgan fingerprint density at radius 1 is 0.955 bits per heavy atom. The molecule has 0 saturated carbocycles. The lowest BCUT2D eigenvalue weighted by atomic mass is 10.0. The highest BCUT2D eigenvalue weighted by atomic mass is 16.2. The van der Waals surface area contributed by atoms with Crippen LogP contribution in [0, 0.1) is 0 Å². The van der Waals surface area contributed by atoms with Crippen molar-refractivity contribution in [1.82, 2.24) is 29.9 Å². The van der Waals surface area contributed by atoms with Crippen LogP contribution in [0.1, 0.15) is 78.1 Å². The Hall–Kier alpha value is -4.87. The molecule has 0 bridgehead atoms. The maximum atomic E-state index is 13.0. The lowest BCUT2D eigenvalue weighted by Crippen LogP contribution is -2.54. The fraction of sp³-hybridized carbons (Fsp3) is 0.406. The molecule has 6 rings (SSSR count). The molecule has 0 radical (unpaired) electrons. The van der Waals surface area contributed by atoms with Crippen LogP contribution >= 0.6 is 0 Å². The minimum Gasteiger partial charge on any atom is -0.385 e. The fourth-order valence-corrected chi connectivity index (χ4v) is 6.13. The van der Waals surface area contributed by atoms with Crippen LogP contribution in [0.25, 0.3) is 11.3 Å². The second-order valence-electron chi connectivity index (χ2n) is 11.5. The third-order valence-electron chi connectivity index (χ3n) is 8.59. The number of piperidine rings is 2. The highest BCUT2D eigenvalue weighted by molar-refractivity contribution is 6.23. The molecule has 3 aromatic rings. The number of nitrogens with zero attached hydrogens (tertiary/aromatic N) is 5. The molecule has 1 unspecified atom stereocenters. The smallest absolute Gasteiger partial charge is 0.262 e. The number of nitrogens with one attached hydrogen (secondary N) is 2. The highest BCUT2D eigenvalue weighted by Crippen LogP contribution is 2.30. The molecule has 3 aliphatic rings. The van der Waals surface area contributed by atoms with E-state index in [4.69, 9.17) is 0 Å². The molecular weight excluding hydrogens is 562 g/mol. The van der Waals surface area contributed by atoms with E-state index >= 15 is 0 Å². The van der Waals surface area contributed by atoms with Gasteiger partial charge in [0.2, 0.25) is 17.7 Å². The number of unbranched alkanes of at least 4 members (excludes halogenated alkanes) is 2. The van der Waals surface area contributed by atoms with Crippen molar-refractivity contribution in [1.29, 1.82) is 0 Å². The third kappa shape index (κ3) is 6.10. The average Bonchev–Trinajstić information content (AvgIpc) is 3.63. The number of rotatable bonds is 10. The van der Waals surface area contributed by atoms with Crippen LogP contribution < -0.4 is 10.6 Å². The molecule has 2 fully saturated rings. The molecule has 1 atom stereocenters. The maximum absolute atomic E-state index is 13.0. The average molecular weight is 598 g/mol. The quantitative estimate of drug-likeness (QED) is 0.268. The lowest BCUT2D eigenvalue weighted by molar-refractivity contribution is -0.136. The van der Waals surface area contributed by atoms with E-state index in [0.29, 0.717) is 18.7 Å². The van der Waals surface area contributed by atoms with Gasteiger partial charge < -0.3 is 10.2 Å². The standard InChI is InChI=1S/C32H35N7O5/c40-28-11-10-27(30(42)36-28)39-31(43)24-9-8-22(18-25(24)32(39)44)33-14-4-1-2-7-29(41)37-16-12-23(13-17-37)38-20-21(19-35-38)26-6-3-5-15-34-26/h3,5-6,8-9,15,18-20,23,27,33H,1-2,4,7,10-14,16-17H2,(H,36,40,42). The minimum atomic E-state index is -0.979. The van der Waals surface area contributed by atoms with Gasteiger partial charge in [-0.1, -0.05) is 12.5 Å². The number of hydrogen-bond donors (Lipinski definition) is 2. The number of pyridine rings is 1. The maximum Gasteiger partial charge on any atom is 0.262 e. The van der Waals surface area contributed by atoms with Crippen LogP contribution in [0.5, 0.6) is 0 Å². The molecule has 1 aromatic carbocycles. The number of carbonyl (C=O) groups excluding carboxylic acids is 5. The van der Waals surface area contributed by atoms with Crippen LogP contribution in [0.2, 0.25) is 0 Å². The number of hydrogen-bond acceptors (Lipinski definition) is 8. The third-order valence-corrected chi connectivity index (χ3v) is 8.59. The zero-order chi connectivity index (χ0) is 30.6. The first-order valence-electron chi connectivity index (χ1n) is 15.2. The van der Waals surface area contributed by atoms with Gasteiger partial charge >= 0.3 is 0 Å². The number of fused-ring (bicyclic) bond motifs is 1. The van der Waals surface area contributed by atoms with Crippen molar-refractivity contribution in [2.24, 2.45) is 0 Å². The monoisotopic (exact) mass is 597 g/mol. The molecule has 3 aliphatic heterocycles. The van der Waals surface area contributed by atoms with Crippen LogP contribution in [-0.2, 0) is 14.4 Å². The second-order valence-corrected chi connectivity index (χ2v) is 11.5. The molecule has 12 nitrogen and oxygen atoms in total. The van der Waals surface area contributed by atoms with Gasteiger partial charge in [0.05, 0.1) is 29.1 Å². The Labute approximate surface area is 254 Å². The number of carbonyl (C=O) groups is 5. The van der Waals surface area contributed by atoms with Crippen LogP contribution in [0.4, 0.5) is 5.69 Å². The van der Waals surface area contributed by atoms with Crippen LogP contribution in [0.3, 0.4) is 0 Å². The molecule has 2 N–H and O–H groups in total. The number of aromatic nitrogens is 3. The summed E-state index contributed by atoms with van der Waals surface area (Å²) in [4.78, 5) is 69.7. The van der Waals surface area contributed by atoms with E-state index < -0.39 is 29.7 Å². The number of anilines is 1. The summed E-state index contributed by atoms with van der Waals surface area (Å²) in [5.74, 6) is -1.88. The molecule has 2 saturated heterocycles. The zero-order valence-electron chi connectivity index (χ0n) is 24.4. The Morgan fingerprint density at radius 2 is 1.77 bits per heavy atom. The second kappa shape index (κ2) is 12.8. The van der Waals surface area contributed by atoms with E-state index in [1.807, 2.05) is 40.2 Å². The van der Waals surface area contributed by atoms with Crippen molar-refractivity contribution in [3.63, 3.8) is 0 Å². The first-order chi connectivity index (χ1) is 21.4. The molecule has 228 valence electrons. The molecular formula is C32H35N7O5. The zero-order valence-corrected chi connectivity index (χ0v) is 24.4. The van der Waals surface area contributed by atoms with Gasteiger partial charge in [-0.15, -0.1) is 0 Å². The lowest BCUT2D eigenvalue weighted by Gasteiger charge is -2.32. The van der Waals surface area contributed by atoms with Gasteiger partial charge in [-0.05, 0) is 62.4 Å². The summed E-state index contributed by atoms with van der Waals surface area (Å²) in [5.41, 5.74) is 3.11. The summed E-state index contributed by atoms with van der Waals surface area (Å²) in [7, 11) is 0. The normalized spacial score (nSPS) is 18.9. The minimum absolute atomic E-state index is 0.0846. The van der Waals surface area contributed by atoms with Crippen molar-refractivity contribution < 1.29 is 24.0 Å². The number of amides is 5. The Morgan fingerprint density at radius 3 is 2.55 bits per heavy atom. The molecule has 0 spiro atoms. The van der Waals surface area contributed by atoms with Crippen molar-refractivity contribution in [3.8, 4) is 11.3 Å². The van der Waals surface area contributed by atoms with Crippen molar-refractivity contribution in [3.05, 3.63) is 66.1 Å². The van der Waals surface area contributed by atoms with E-state index in [1.165, 1.54) is 0 Å². The Bertz CT molecular complexity index is 1580. The van der Waals surface area contributed by atoms with E-state index in [1.54, 1.807) is 24.4 Å². The predicted octanol–water partition coefficient (Wildman–Crippen LogP) is 3.18. The van der Waals surface area contributed by atoms with Gasteiger partial charge in [-0.25, -0.2) is 0 Å². The van der Waals surface area contributed by atoms with Crippen LogP contribution in [-0.4, -0.2) is 79.8 Å². The van der Waals surface area contributed by atoms with E-state index in [2.05, 4.69) is 20.7 Å². The molecule has 5 heterocycles. The van der Waals surface area contributed by atoms with Crippen LogP contribution in [0.15, 0.2) is 55.0 Å². The summed E-state index contributed by atoms with van der Waals surface area (Å²) in [6.45, 7) is 2.11. The molecule has 44 heavy (non-hydrogen) atoms. The summed E-state index contributed by atoms with van der Waals surface area (Å²) >= 11 is 0. The van der Waals surface area contributed by atoms with Crippen molar-refractivity contribution in [2.75, 3.05) is 25.0 Å². The van der Waals surface area contributed by atoms with Gasteiger partial charge in [0.25, 0.3) is 11.8 Å². The highest BCUT2D eigenvalue weighted by Gasteiger charge is 2.44. The molecule has 12 heteroatoms. The SMILES string of the molecule is O=C1CCC(N2C(=O)c3ccc(NCCCCCC(=O)N4CCC(n5cc(-c6ccccn6)cn5)CC4)cc3C2=O)C(=O)N1. The van der Waals surface area contributed by atoms with Gasteiger partial charge in [0, 0.05) is 56.1 Å². The summed E-state index contributed by atoms with van der Waals surface area (Å²) in [6, 6.07) is 10.1. The van der Waals surface area contributed by atoms with E-state index in [-0.39, 0.29) is 35.9 Å². The van der Waals surface area contributed by atoms with E-state index in [0.717, 1.165) is 61.4 Å². The number of imide groups is 2. The largest absolute Gasteiger partial charge is 0.385 e. The number of benzene rings is 1. The first-order valence-corrected chi connectivity index (χ1v) is 15.2. The summed E-state index contributed by atoms with van der Waals surface area (Å²) in [6.07, 6.45) is 10.7. The summed E-state index contributed by atoms with van der Waals surface area (Å²) < 4.78 is 2.00. The Balaban J connectivity index is 0.901. The van der Waals surface area contributed by atoms with E-state index in [9.17, 15) is 24.0 Å². The Kier molecular flexibility index (Phi) is 8.49. The summed E-state index contributed by atoms with van der Waals surface area (Å²) in [5, 5.41) is 10.0. The topological polar surface area (TPSA) is 147 Å². The molecule has 5 amide bonds. The van der Waals surface area contributed by atoms with Crippen molar-refractivity contribution >= 4 is 35.2 Å². The van der Waals surface area contributed by atoms with Gasteiger partial charge in [-0.3, -0.25) is 43.9 Å². The first kappa shape index (κ1) is 29.2. The van der Waals surface area contributed by atoms with Gasteiger partial charge in [0.15, 0.2) is 0 Å². The van der Waals surface area contributed by atoms with Gasteiger partial charge in [-0.2, -0.15) is 5.10 Å².